The van der Waals surface area contributed by atoms with E-state index in [1.165, 1.54) is 0 Å². The number of hydrogen-bond acceptors (Lipinski definition) is 6. The summed E-state index contributed by atoms with van der Waals surface area (Å²) in [6, 6.07) is 18.7. The Kier molecular flexibility index (Phi) is 5.46. The SMILES string of the molecule is Nc1c(-c2nc3ccccc3[nH]c2=O)[nH]c2ccc(C(=O)N3CCN(Cc4ccccn4)CC3)cc12. The van der Waals surface area contributed by atoms with Crippen molar-refractivity contribution in [2.75, 3.05) is 31.9 Å². The van der Waals surface area contributed by atoms with Crippen molar-refractivity contribution in [2.45, 2.75) is 6.54 Å². The number of amides is 1. The van der Waals surface area contributed by atoms with Gasteiger partial charge in [0.25, 0.3) is 11.5 Å². The van der Waals surface area contributed by atoms with Gasteiger partial charge in [-0.25, -0.2) is 4.98 Å². The van der Waals surface area contributed by atoms with E-state index in [9.17, 15) is 9.59 Å². The zero-order chi connectivity index (χ0) is 24.6. The van der Waals surface area contributed by atoms with E-state index in [1.54, 1.807) is 24.4 Å². The fraction of sp³-hybridized carbons (Fsp3) is 0.185. The molecule has 0 unspecified atom stereocenters. The van der Waals surface area contributed by atoms with Crippen LogP contribution in [0.15, 0.2) is 71.7 Å². The van der Waals surface area contributed by atoms with Gasteiger partial charge < -0.3 is 20.6 Å². The number of benzene rings is 2. The van der Waals surface area contributed by atoms with Crippen LogP contribution >= 0.6 is 0 Å². The molecule has 4 heterocycles. The minimum Gasteiger partial charge on any atom is -0.396 e. The summed E-state index contributed by atoms with van der Waals surface area (Å²) in [6.07, 6.45) is 1.80. The molecule has 5 aromatic rings. The summed E-state index contributed by atoms with van der Waals surface area (Å²) in [5.74, 6) is -0.0294. The third-order valence-electron chi connectivity index (χ3n) is 6.69. The van der Waals surface area contributed by atoms with Crippen molar-refractivity contribution in [3.05, 3.63) is 88.5 Å². The number of H-pyrrole nitrogens is 2. The van der Waals surface area contributed by atoms with Crippen LogP contribution in [0.2, 0.25) is 0 Å². The maximum absolute atomic E-state index is 13.3. The van der Waals surface area contributed by atoms with Gasteiger partial charge in [0.15, 0.2) is 5.69 Å². The number of para-hydroxylation sites is 2. The molecule has 0 bridgehead atoms. The summed E-state index contributed by atoms with van der Waals surface area (Å²) in [6.45, 7) is 3.65. The maximum atomic E-state index is 13.3. The van der Waals surface area contributed by atoms with Gasteiger partial charge in [0.05, 0.1) is 28.1 Å². The minimum atomic E-state index is -0.327. The Morgan fingerprint density at radius 3 is 2.56 bits per heavy atom. The van der Waals surface area contributed by atoms with Crippen LogP contribution in [0.3, 0.4) is 0 Å². The molecule has 0 aliphatic carbocycles. The van der Waals surface area contributed by atoms with Crippen molar-refractivity contribution in [3.8, 4) is 11.4 Å². The number of nitrogens with zero attached hydrogens (tertiary/aromatic N) is 4. The quantitative estimate of drug-likeness (QED) is 0.364. The highest BCUT2D eigenvalue weighted by Crippen LogP contribution is 2.31. The average Bonchev–Trinajstić information content (AvgIpc) is 3.24. The normalized spacial score (nSPS) is 14.5. The lowest BCUT2D eigenvalue weighted by atomic mass is 10.1. The predicted octanol–water partition coefficient (Wildman–Crippen LogP) is 3.01. The average molecular weight is 480 g/mol. The first-order valence-electron chi connectivity index (χ1n) is 11.9. The van der Waals surface area contributed by atoms with Crippen molar-refractivity contribution >= 4 is 33.5 Å². The number of fused-ring (bicyclic) bond motifs is 2. The van der Waals surface area contributed by atoms with E-state index < -0.39 is 0 Å². The van der Waals surface area contributed by atoms with Crippen molar-refractivity contribution in [1.82, 2.24) is 29.7 Å². The number of pyridine rings is 1. The summed E-state index contributed by atoms with van der Waals surface area (Å²) in [4.78, 5) is 45.2. The monoisotopic (exact) mass is 479 g/mol. The number of anilines is 1. The molecule has 3 aromatic heterocycles. The molecule has 36 heavy (non-hydrogen) atoms. The van der Waals surface area contributed by atoms with Gasteiger partial charge in [-0.05, 0) is 42.5 Å². The van der Waals surface area contributed by atoms with E-state index in [0.717, 1.165) is 30.8 Å². The number of rotatable bonds is 4. The summed E-state index contributed by atoms with van der Waals surface area (Å²) >= 11 is 0. The molecular formula is C27H25N7O2. The molecule has 0 saturated carbocycles. The topological polar surface area (TPSA) is 124 Å². The number of aromatic amines is 2. The van der Waals surface area contributed by atoms with E-state index in [1.807, 2.05) is 47.4 Å². The third-order valence-corrected chi connectivity index (χ3v) is 6.69. The van der Waals surface area contributed by atoms with Crippen LogP contribution in [-0.4, -0.2) is 61.8 Å². The molecule has 4 N–H and O–H groups in total. The second-order valence-corrected chi connectivity index (χ2v) is 9.00. The first-order valence-corrected chi connectivity index (χ1v) is 11.9. The largest absolute Gasteiger partial charge is 0.396 e. The predicted molar refractivity (Wildman–Crippen MR) is 139 cm³/mol. The van der Waals surface area contributed by atoms with Gasteiger partial charge in [-0.1, -0.05) is 18.2 Å². The summed E-state index contributed by atoms with van der Waals surface area (Å²) in [5, 5.41) is 0.694. The van der Waals surface area contributed by atoms with E-state index >= 15 is 0 Å². The number of nitrogens with two attached hydrogens (primary N) is 1. The van der Waals surface area contributed by atoms with E-state index in [0.29, 0.717) is 46.5 Å². The smallest absolute Gasteiger partial charge is 0.276 e. The number of hydrogen-bond donors (Lipinski definition) is 3. The molecule has 0 atom stereocenters. The zero-order valence-electron chi connectivity index (χ0n) is 19.6. The van der Waals surface area contributed by atoms with Gasteiger partial charge in [-0.2, -0.15) is 0 Å². The molecule has 2 aromatic carbocycles. The van der Waals surface area contributed by atoms with Crippen molar-refractivity contribution < 1.29 is 4.79 Å². The summed E-state index contributed by atoms with van der Waals surface area (Å²) in [7, 11) is 0. The molecule has 1 aliphatic heterocycles. The van der Waals surface area contributed by atoms with Crippen LogP contribution in [0.25, 0.3) is 33.3 Å². The van der Waals surface area contributed by atoms with Crippen LogP contribution in [-0.2, 0) is 6.54 Å². The molecule has 1 amide bonds. The van der Waals surface area contributed by atoms with Crippen LogP contribution < -0.4 is 11.3 Å². The second-order valence-electron chi connectivity index (χ2n) is 9.00. The molecule has 0 spiro atoms. The molecule has 180 valence electrons. The van der Waals surface area contributed by atoms with Gasteiger partial charge in [-0.3, -0.25) is 19.5 Å². The van der Waals surface area contributed by atoms with Crippen LogP contribution in [0.5, 0.6) is 0 Å². The van der Waals surface area contributed by atoms with E-state index in [4.69, 9.17) is 5.73 Å². The number of aromatic nitrogens is 4. The van der Waals surface area contributed by atoms with Gasteiger partial charge in [0, 0.05) is 55.4 Å². The first-order chi connectivity index (χ1) is 17.6. The lowest BCUT2D eigenvalue weighted by molar-refractivity contribution is 0.0627. The van der Waals surface area contributed by atoms with Gasteiger partial charge in [-0.15, -0.1) is 0 Å². The summed E-state index contributed by atoms with van der Waals surface area (Å²) in [5.41, 5.74) is 10.9. The molecule has 6 rings (SSSR count). The number of carbonyl (C=O) groups excluding carboxylic acids is 1. The van der Waals surface area contributed by atoms with Gasteiger partial charge in [0.2, 0.25) is 0 Å². The zero-order valence-corrected chi connectivity index (χ0v) is 19.6. The Bertz CT molecular complexity index is 1630. The Labute approximate surface area is 206 Å². The van der Waals surface area contributed by atoms with Crippen molar-refractivity contribution in [2.24, 2.45) is 0 Å². The second kappa shape index (κ2) is 8.94. The first kappa shape index (κ1) is 22.0. The fourth-order valence-corrected chi connectivity index (χ4v) is 4.74. The molecule has 1 fully saturated rings. The van der Waals surface area contributed by atoms with Crippen LogP contribution in [0, 0.1) is 0 Å². The fourth-order valence-electron chi connectivity index (χ4n) is 4.74. The highest BCUT2D eigenvalue weighted by molar-refractivity contribution is 6.04. The van der Waals surface area contributed by atoms with E-state index in [2.05, 4.69) is 24.8 Å². The van der Waals surface area contributed by atoms with Crippen LogP contribution in [0.1, 0.15) is 16.1 Å². The molecule has 1 saturated heterocycles. The van der Waals surface area contributed by atoms with Crippen molar-refractivity contribution in [1.29, 1.82) is 0 Å². The molecular weight excluding hydrogens is 454 g/mol. The molecule has 1 aliphatic rings. The lowest BCUT2D eigenvalue weighted by Crippen LogP contribution is -2.48. The Balaban J connectivity index is 1.23. The number of carbonyl (C=O) groups is 1. The molecule has 0 radical (unpaired) electrons. The maximum Gasteiger partial charge on any atom is 0.276 e. The number of nitrogens with one attached hydrogen (secondary N) is 2. The van der Waals surface area contributed by atoms with Gasteiger partial charge >= 0.3 is 0 Å². The van der Waals surface area contributed by atoms with E-state index in [-0.39, 0.29) is 17.2 Å². The summed E-state index contributed by atoms with van der Waals surface area (Å²) < 4.78 is 0. The number of nitrogen functional groups attached to an aromatic ring is 1. The number of piperazine rings is 1. The molecule has 9 nitrogen and oxygen atoms in total. The minimum absolute atomic E-state index is 0.0294. The highest BCUT2D eigenvalue weighted by atomic mass is 16.2. The Hall–Kier alpha value is -4.50. The standard InChI is InChI=1S/C27H25N7O2/c28-23-19-15-17(27(36)34-13-11-33(12-14-34)16-18-5-3-4-10-29-18)8-9-20(19)30-24(23)25-26(35)32-22-7-2-1-6-21(22)31-25/h1-10,15,30H,11-14,16,28H2,(H,32,35). The Morgan fingerprint density at radius 2 is 1.75 bits per heavy atom. The highest BCUT2D eigenvalue weighted by Gasteiger charge is 2.24. The third kappa shape index (κ3) is 3.99. The molecule has 9 heteroatoms. The lowest BCUT2D eigenvalue weighted by Gasteiger charge is -2.34. The Morgan fingerprint density at radius 1 is 0.944 bits per heavy atom. The van der Waals surface area contributed by atoms with Crippen LogP contribution in [0.4, 0.5) is 5.69 Å². The van der Waals surface area contributed by atoms with Gasteiger partial charge in [0.1, 0.15) is 0 Å². The van der Waals surface area contributed by atoms with Crippen molar-refractivity contribution in [3.63, 3.8) is 0 Å².